The molecule has 4 heteroatoms. The van der Waals surface area contributed by atoms with Gasteiger partial charge in [-0.1, -0.05) is 109 Å². The predicted molar refractivity (Wildman–Crippen MR) is 148 cm³/mol. The molecule has 4 aromatic rings. The highest BCUT2D eigenvalue weighted by atomic mass is 16.7. The number of likely N-dealkylation sites (N-methyl/N-ethyl adjacent to an activating group) is 1. The topological polar surface area (TPSA) is 32.8 Å². The van der Waals surface area contributed by atoms with E-state index in [4.69, 9.17) is 4.84 Å². The molecule has 4 nitrogen and oxygen atoms in total. The molecule has 2 saturated heterocycles. The highest BCUT2D eigenvalue weighted by Crippen LogP contribution is 2.59. The molecule has 2 fully saturated rings. The van der Waals surface area contributed by atoms with Gasteiger partial charge in [-0.05, 0) is 41.9 Å². The van der Waals surface area contributed by atoms with Crippen LogP contribution in [0.15, 0.2) is 127 Å². The Hall–Kier alpha value is -3.99. The van der Waals surface area contributed by atoms with Crippen LogP contribution in [0.4, 0.5) is 5.69 Å². The molecule has 0 aromatic heterocycles. The third kappa shape index (κ3) is 4.18. The maximum atomic E-state index is 14.8. The summed E-state index contributed by atoms with van der Waals surface area (Å²) in [5.74, 6) is 0.149. The van der Waals surface area contributed by atoms with E-state index >= 15 is 0 Å². The molecule has 4 aromatic carbocycles. The second-order valence-corrected chi connectivity index (χ2v) is 9.99. The minimum atomic E-state index is -0.855. The third-order valence-corrected chi connectivity index (χ3v) is 7.46. The van der Waals surface area contributed by atoms with E-state index in [-0.39, 0.29) is 11.8 Å². The summed E-state index contributed by atoms with van der Waals surface area (Å²) in [4.78, 5) is 24.0. The number of hydrogen-bond acceptors (Lipinski definition) is 4. The SMILES string of the molecule is CN1C/C(=C\c2ccccc2)C(=O)C2(C1)[C@@H](c1ccccc1)ON(c1ccccc1)[C@@H]2c1ccccc1. The summed E-state index contributed by atoms with van der Waals surface area (Å²) < 4.78 is 0. The van der Waals surface area contributed by atoms with Gasteiger partial charge in [0.25, 0.3) is 0 Å². The van der Waals surface area contributed by atoms with Crippen molar-refractivity contribution in [3.8, 4) is 0 Å². The van der Waals surface area contributed by atoms with E-state index < -0.39 is 11.5 Å². The van der Waals surface area contributed by atoms with Crippen LogP contribution in [0.3, 0.4) is 0 Å². The molecule has 37 heavy (non-hydrogen) atoms. The first-order valence-electron chi connectivity index (χ1n) is 12.8. The molecule has 2 heterocycles. The van der Waals surface area contributed by atoms with Crippen LogP contribution >= 0.6 is 0 Å². The highest BCUT2D eigenvalue weighted by molar-refractivity contribution is 6.06. The van der Waals surface area contributed by atoms with E-state index in [2.05, 4.69) is 54.4 Å². The van der Waals surface area contributed by atoms with Gasteiger partial charge < -0.3 is 4.90 Å². The first kappa shape index (κ1) is 23.4. The van der Waals surface area contributed by atoms with Gasteiger partial charge in [-0.15, -0.1) is 0 Å². The monoisotopic (exact) mass is 486 g/mol. The standard InChI is InChI=1S/C33H30N2O2/c1-34-23-28(22-25-14-6-2-7-15-25)31(36)33(24-34)30(26-16-8-3-9-17-26)35(29-20-12-5-13-21-29)37-32(33)27-18-10-4-11-19-27/h2-22,30,32H,23-24H2,1H3/b28-22+/t30-,32-,33?/m1/s1. The smallest absolute Gasteiger partial charge is 0.173 e. The highest BCUT2D eigenvalue weighted by Gasteiger charge is 2.63. The Morgan fingerprint density at radius 3 is 1.92 bits per heavy atom. The van der Waals surface area contributed by atoms with Gasteiger partial charge in [-0.25, -0.2) is 5.06 Å². The Morgan fingerprint density at radius 2 is 1.30 bits per heavy atom. The van der Waals surface area contributed by atoms with Crippen LogP contribution in [0.5, 0.6) is 0 Å². The fraction of sp³-hybridized carbons (Fsp3) is 0.182. The lowest BCUT2D eigenvalue weighted by Gasteiger charge is -2.44. The lowest BCUT2D eigenvalue weighted by Crippen LogP contribution is -2.54. The van der Waals surface area contributed by atoms with Crippen molar-refractivity contribution in [2.24, 2.45) is 5.41 Å². The molecular weight excluding hydrogens is 456 g/mol. The van der Waals surface area contributed by atoms with Gasteiger partial charge in [0.15, 0.2) is 5.78 Å². The summed E-state index contributed by atoms with van der Waals surface area (Å²) in [5.41, 5.74) is 3.98. The summed E-state index contributed by atoms with van der Waals surface area (Å²) in [5, 5.41) is 1.98. The maximum absolute atomic E-state index is 14.8. The van der Waals surface area contributed by atoms with Crippen molar-refractivity contribution in [2.45, 2.75) is 12.1 Å². The van der Waals surface area contributed by atoms with Crippen LogP contribution < -0.4 is 5.06 Å². The number of rotatable bonds is 4. The van der Waals surface area contributed by atoms with E-state index in [1.54, 1.807) is 0 Å². The molecule has 3 atom stereocenters. The van der Waals surface area contributed by atoms with Gasteiger partial charge >= 0.3 is 0 Å². The van der Waals surface area contributed by atoms with Gasteiger partial charge in [0, 0.05) is 18.7 Å². The minimum Gasteiger partial charge on any atom is -0.301 e. The first-order chi connectivity index (χ1) is 18.2. The van der Waals surface area contributed by atoms with E-state index in [0.29, 0.717) is 13.1 Å². The summed E-state index contributed by atoms with van der Waals surface area (Å²) >= 11 is 0. The Kier molecular flexibility index (Phi) is 6.21. The van der Waals surface area contributed by atoms with Gasteiger partial charge in [0.2, 0.25) is 0 Å². The van der Waals surface area contributed by atoms with Crippen molar-refractivity contribution in [1.29, 1.82) is 0 Å². The molecule has 2 aliphatic heterocycles. The normalized spacial score (nSPS) is 25.2. The van der Waals surface area contributed by atoms with Crippen molar-refractivity contribution < 1.29 is 9.63 Å². The van der Waals surface area contributed by atoms with Gasteiger partial charge in [-0.2, -0.15) is 0 Å². The van der Waals surface area contributed by atoms with E-state index in [0.717, 1.165) is 28.0 Å². The summed E-state index contributed by atoms with van der Waals surface area (Å²) in [6.07, 6.45) is 1.60. The summed E-state index contributed by atoms with van der Waals surface area (Å²) in [6, 6.07) is 40.4. The molecule has 1 unspecified atom stereocenters. The first-order valence-corrected chi connectivity index (χ1v) is 12.8. The molecule has 0 N–H and O–H groups in total. The number of ketones is 1. The lowest BCUT2D eigenvalue weighted by molar-refractivity contribution is -0.133. The Labute approximate surface area is 218 Å². The second kappa shape index (κ2) is 9.81. The summed E-state index contributed by atoms with van der Waals surface area (Å²) in [7, 11) is 2.10. The molecule has 0 amide bonds. The van der Waals surface area contributed by atoms with E-state index in [1.807, 2.05) is 90.0 Å². The van der Waals surface area contributed by atoms with Gasteiger partial charge in [0.05, 0.1) is 11.7 Å². The number of likely N-dealkylation sites (tertiary alicyclic amines) is 1. The number of carbonyl (C=O) groups is 1. The molecule has 184 valence electrons. The van der Waals surface area contributed by atoms with Crippen LogP contribution in [0.2, 0.25) is 0 Å². The predicted octanol–water partition coefficient (Wildman–Crippen LogP) is 6.51. The van der Waals surface area contributed by atoms with E-state index in [9.17, 15) is 4.79 Å². The number of piperidine rings is 1. The van der Waals surface area contributed by atoms with Crippen LogP contribution in [-0.4, -0.2) is 30.8 Å². The summed E-state index contributed by atoms with van der Waals surface area (Å²) in [6.45, 7) is 1.18. The molecule has 2 aliphatic rings. The fourth-order valence-electron chi connectivity index (χ4n) is 5.97. The molecule has 6 rings (SSSR count). The van der Waals surface area contributed by atoms with Crippen molar-refractivity contribution in [2.75, 3.05) is 25.2 Å². The molecule has 0 radical (unpaired) electrons. The lowest BCUT2D eigenvalue weighted by atomic mass is 9.64. The maximum Gasteiger partial charge on any atom is 0.173 e. The number of para-hydroxylation sites is 1. The number of Topliss-reactive ketones (excluding diaryl/α,β-unsaturated/α-hetero) is 1. The Balaban J connectivity index is 1.58. The van der Waals surface area contributed by atoms with Crippen molar-refractivity contribution in [3.05, 3.63) is 144 Å². The molecule has 0 aliphatic carbocycles. The Morgan fingerprint density at radius 1 is 0.757 bits per heavy atom. The second-order valence-electron chi connectivity index (χ2n) is 9.99. The number of benzene rings is 4. The zero-order valence-corrected chi connectivity index (χ0v) is 20.9. The number of hydrogen-bond donors (Lipinski definition) is 0. The molecule has 0 saturated carbocycles. The zero-order valence-electron chi connectivity index (χ0n) is 20.9. The number of carbonyl (C=O) groups excluding carboxylic acids is 1. The third-order valence-electron chi connectivity index (χ3n) is 7.46. The fourth-order valence-corrected chi connectivity index (χ4v) is 5.97. The van der Waals surface area contributed by atoms with Gasteiger partial charge in [-0.3, -0.25) is 9.63 Å². The van der Waals surface area contributed by atoms with Gasteiger partial charge in [0.1, 0.15) is 11.5 Å². The average molecular weight is 487 g/mol. The van der Waals surface area contributed by atoms with Crippen LogP contribution in [0.1, 0.15) is 28.8 Å². The van der Waals surface area contributed by atoms with Crippen molar-refractivity contribution >= 4 is 17.5 Å². The number of nitrogens with zero attached hydrogens (tertiary/aromatic N) is 2. The van der Waals surface area contributed by atoms with E-state index in [1.165, 1.54) is 0 Å². The molecule has 0 bridgehead atoms. The van der Waals surface area contributed by atoms with Crippen LogP contribution in [-0.2, 0) is 9.63 Å². The molecular formula is C33H30N2O2. The number of hydroxylamine groups is 1. The van der Waals surface area contributed by atoms with Crippen LogP contribution in [0, 0.1) is 5.41 Å². The largest absolute Gasteiger partial charge is 0.301 e. The van der Waals surface area contributed by atoms with Crippen LogP contribution in [0.25, 0.3) is 6.08 Å². The zero-order chi connectivity index (χ0) is 25.2. The quantitative estimate of drug-likeness (QED) is 0.308. The average Bonchev–Trinajstić information content (AvgIpc) is 3.28. The van der Waals surface area contributed by atoms with Crippen molar-refractivity contribution in [1.82, 2.24) is 4.90 Å². The van der Waals surface area contributed by atoms with Crippen molar-refractivity contribution in [3.63, 3.8) is 0 Å². The molecule has 1 spiro atoms. The Bertz CT molecular complexity index is 1390. The minimum absolute atomic E-state index is 0.149. The number of anilines is 1.